The van der Waals surface area contributed by atoms with Gasteiger partial charge in [0.15, 0.2) is 0 Å². The van der Waals surface area contributed by atoms with Gasteiger partial charge in [-0.25, -0.2) is 4.98 Å². The van der Waals surface area contributed by atoms with Crippen molar-refractivity contribution >= 4 is 48.0 Å². The summed E-state index contributed by atoms with van der Waals surface area (Å²) < 4.78 is 0. The fraction of sp³-hybridized carbons (Fsp3) is 0.353. The number of nitrogens with two attached hydrogens (primary N) is 1. The van der Waals surface area contributed by atoms with E-state index in [1.165, 1.54) is 0 Å². The molecule has 0 aliphatic heterocycles. The zero-order valence-electron chi connectivity index (χ0n) is 14.9. The molecular formula is C17H24Cl2N4O2S. The largest absolute Gasteiger partial charge is 0.346 e. The average molecular weight is 419 g/mol. The molecule has 2 rings (SSSR count). The molecule has 2 amide bonds. The first-order valence-electron chi connectivity index (χ1n) is 7.69. The first-order valence-corrected chi connectivity index (χ1v) is 8.50. The average Bonchev–Trinajstić information content (AvgIpc) is 3.00. The topological polar surface area (TPSA) is 88.3 Å². The Morgan fingerprint density at radius 1 is 1.27 bits per heavy atom. The van der Waals surface area contributed by atoms with Gasteiger partial charge in [-0.15, -0.1) is 36.2 Å². The minimum Gasteiger partial charge on any atom is -0.346 e. The Morgan fingerprint density at radius 3 is 2.46 bits per heavy atom. The molecule has 26 heavy (non-hydrogen) atoms. The van der Waals surface area contributed by atoms with Crippen molar-refractivity contribution in [1.29, 1.82) is 0 Å². The summed E-state index contributed by atoms with van der Waals surface area (Å²) >= 11 is 1.58. The van der Waals surface area contributed by atoms with Crippen LogP contribution in [0.1, 0.15) is 23.5 Å². The Kier molecular flexibility index (Phi) is 10.4. The molecule has 6 nitrogen and oxygen atoms in total. The summed E-state index contributed by atoms with van der Waals surface area (Å²) in [7, 11) is 1.73. The van der Waals surface area contributed by atoms with Crippen molar-refractivity contribution in [3.8, 4) is 10.6 Å². The van der Waals surface area contributed by atoms with Crippen LogP contribution in [-0.2, 0) is 9.59 Å². The molecule has 3 N–H and O–H groups in total. The van der Waals surface area contributed by atoms with Crippen LogP contribution in [0, 0.1) is 6.92 Å². The molecule has 1 unspecified atom stereocenters. The molecule has 0 aliphatic rings. The van der Waals surface area contributed by atoms with Gasteiger partial charge < -0.3 is 16.0 Å². The van der Waals surface area contributed by atoms with Gasteiger partial charge in [0.1, 0.15) is 5.01 Å². The fourth-order valence-electron chi connectivity index (χ4n) is 2.26. The second-order valence-electron chi connectivity index (χ2n) is 5.50. The number of aromatic nitrogens is 1. The highest BCUT2D eigenvalue weighted by Gasteiger charge is 2.22. The van der Waals surface area contributed by atoms with E-state index in [0.29, 0.717) is 0 Å². The number of carbonyl (C=O) groups excluding carboxylic acids is 2. The van der Waals surface area contributed by atoms with Crippen molar-refractivity contribution in [2.45, 2.75) is 19.9 Å². The van der Waals surface area contributed by atoms with Gasteiger partial charge in [0.05, 0.1) is 29.7 Å². The van der Waals surface area contributed by atoms with Crippen LogP contribution in [-0.4, -0.2) is 41.8 Å². The molecule has 1 aromatic heterocycles. The number of benzene rings is 1. The molecular weight excluding hydrogens is 395 g/mol. The number of halogens is 2. The minimum absolute atomic E-state index is 0. The quantitative estimate of drug-likeness (QED) is 0.753. The van der Waals surface area contributed by atoms with Gasteiger partial charge in [0.25, 0.3) is 0 Å². The van der Waals surface area contributed by atoms with Crippen molar-refractivity contribution in [2.75, 3.05) is 20.1 Å². The SMILES string of the molecule is Cc1nc(-c2ccccc2)sc1C(C)N(C)C(=O)CNC(=O)CN.Cl.Cl. The number of carbonyl (C=O) groups is 2. The molecule has 0 saturated heterocycles. The number of aryl methyl sites for hydroxylation is 1. The van der Waals surface area contributed by atoms with Gasteiger partial charge in [0.2, 0.25) is 11.8 Å². The maximum atomic E-state index is 12.2. The minimum atomic E-state index is -0.343. The molecule has 2 aromatic rings. The predicted molar refractivity (Wildman–Crippen MR) is 110 cm³/mol. The Morgan fingerprint density at radius 2 is 1.88 bits per heavy atom. The number of amides is 2. The zero-order valence-corrected chi connectivity index (χ0v) is 17.3. The lowest BCUT2D eigenvalue weighted by Gasteiger charge is -2.24. The summed E-state index contributed by atoms with van der Waals surface area (Å²) in [4.78, 5) is 30.7. The number of nitrogens with one attached hydrogen (secondary N) is 1. The molecule has 0 saturated carbocycles. The van der Waals surface area contributed by atoms with Crippen LogP contribution in [0.15, 0.2) is 30.3 Å². The Hall–Kier alpha value is -1.67. The van der Waals surface area contributed by atoms with Crippen LogP contribution in [0.3, 0.4) is 0 Å². The second-order valence-corrected chi connectivity index (χ2v) is 6.53. The lowest BCUT2D eigenvalue weighted by Crippen LogP contribution is -2.41. The van der Waals surface area contributed by atoms with E-state index in [1.807, 2.05) is 44.2 Å². The smallest absolute Gasteiger partial charge is 0.242 e. The van der Waals surface area contributed by atoms with E-state index in [1.54, 1.807) is 23.3 Å². The molecule has 1 heterocycles. The normalized spacial score (nSPS) is 10.9. The highest BCUT2D eigenvalue weighted by molar-refractivity contribution is 7.15. The van der Waals surface area contributed by atoms with Gasteiger partial charge in [-0.05, 0) is 13.8 Å². The van der Waals surface area contributed by atoms with E-state index < -0.39 is 0 Å². The summed E-state index contributed by atoms with van der Waals surface area (Å²) in [5, 5.41) is 3.43. The van der Waals surface area contributed by atoms with Gasteiger partial charge in [0, 0.05) is 12.6 Å². The third-order valence-electron chi connectivity index (χ3n) is 3.83. The van der Waals surface area contributed by atoms with Crippen molar-refractivity contribution in [1.82, 2.24) is 15.2 Å². The zero-order chi connectivity index (χ0) is 17.7. The molecule has 0 fully saturated rings. The second kappa shape index (κ2) is 11.1. The first-order chi connectivity index (χ1) is 11.4. The monoisotopic (exact) mass is 418 g/mol. The lowest BCUT2D eigenvalue weighted by molar-refractivity contribution is -0.133. The van der Waals surface area contributed by atoms with E-state index in [9.17, 15) is 9.59 Å². The van der Waals surface area contributed by atoms with E-state index >= 15 is 0 Å². The van der Waals surface area contributed by atoms with Crippen molar-refractivity contribution < 1.29 is 9.59 Å². The number of nitrogens with zero attached hydrogens (tertiary/aromatic N) is 2. The highest BCUT2D eigenvalue weighted by Crippen LogP contribution is 2.33. The molecule has 1 aromatic carbocycles. The van der Waals surface area contributed by atoms with Gasteiger partial charge in [-0.3, -0.25) is 9.59 Å². The summed E-state index contributed by atoms with van der Waals surface area (Å²) in [6.07, 6.45) is 0. The number of thiazole rings is 1. The summed E-state index contributed by atoms with van der Waals surface area (Å²) in [6, 6.07) is 9.83. The van der Waals surface area contributed by atoms with Crippen LogP contribution in [0.2, 0.25) is 0 Å². The van der Waals surface area contributed by atoms with E-state index in [4.69, 9.17) is 5.73 Å². The number of hydrogen-bond donors (Lipinski definition) is 2. The van der Waals surface area contributed by atoms with E-state index in [2.05, 4.69) is 10.3 Å². The van der Waals surface area contributed by atoms with Crippen LogP contribution < -0.4 is 11.1 Å². The molecule has 0 radical (unpaired) electrons. The van der Waals surface area contributed by atoms with Crippen molar-refractivity contribution in [3.05, 3.63) is 40.9 Å². The fourth-order valence-corrected chi connectivity index (χ4v) is 3.43. The Labute approximate surface area is 170 Å². The molecule has 1 atom stereocenters. The third kappa shape index (κ3) is 5.95. The van der Waals surface area contributed by atoms with Crippen molar-refractivity contribution in [3.63, 3.8) is 0 Å². The number of likely N-dealkylation sites (N-methyl/N-ethyl adjacent to an activating group) is 1. The van der Waals surface area contributed by atoms with Crippen LogP contribution in [0.25, 0.3) is 10.6 Å². The van der Waals surface area contributed by atoms with Crippen LogP contribution in [0.5, 0.6) is 0 Å². The maximum Gasteiger partial charge on any atom is 0.242 e. The van der Waals surface area contributed by atoms with Gasteiger partial charge >= 0.3 is 0 Å². The summed E-state index contributed by atoms with van der Waals surface area (Å²) in [6.45, 7) is 3.72. The van der Waals surface area contributed by atoms with Crippen LogP contribution >= 0.6 is 36.2 Å². The lowest BCUT2D eigenvalue weighted by atomic mass is 10.2. The predicted octanol–water partition coefficient (Wildman–Crippen LogP) is 2.56. The molecule has 144 valence electrons. The highest BCUT2D eigenvalue weighted by atomic mass is 35.5. The Bertz CT molecular complexity index is 725. The first kappa shape index (κ1) is 24.3. The van der Waals surface area contributed by atoms with Gasteiger partial charge in [-0.2, -0.15) is 0 Å². The summed E-state index contributed by atoms with van der Waals surface area (Å²) in [5.41, 5.74) is 7.20. The Balaban J connectivity index is 0.00000312. The third-order valence-corrected chi connectivity index (χ3v) is 5.21. The standard InChI is InChI=1S/C17H22N4O2S.2ClH/c1-11-16(24-17(20-11)13-7-5-4-6-8-13)12(2)21(3)15(23)10-19-14(22)9-18;;/h4-8,12H,9-10,18H2,1-3H3,(H,19,22);2*1H. The molecule has 0 spiro atoms. The van der Waals surface area contributed by atoms with Gasteiger partial charge in [-0.1, -0.05) is 30.3 Å². The molecule has 0 aliphatic carbocycles. The van der Waals surface area contributed by atoms with E-state index in [0.717, 1.165) is 21.1 Å². The summed E-state index contributed by atoms with van der Waals surface area (Å²) in [5.74, 6) is -0.511. The number of hydrogen-bond acceptors (Lipinski definition) is 5. The molecule has 9 heteroatoms. The molecule has 0 bridgehead atoms. The number of rotatable bonds is 6. The van der Waals surface area contributed by atoms with E-state index in [-0.39, 0.29) is 55.8 Å². The van der Waals surface area contributed by atoms with Crippen molar-refractivity contribution in [2.24, 2.45) is 5.73 Å². The van der Waals surface area contributed by atoms with Crippen LogP contribution in [0.4, 0.5) is 0 Å². The maximum absolute atomic E-state index is 12.2.